The molecule has 1 atom stereocenters. The second-order valence-corrected chi connectivity index (χ2v) is 1.99. The van der Waals surface area contributed by atoms with Gasteiger partial charge < -0.3 is 5.11 Å². The van der Waals surface area contributed by atoms with Crippen LogP contribution in [0.3, 0.4) is 0 Å². The maximum Gasteiger partial charge on any atom is 0.0496 e. The molecular weight excluding hydrogens is 100 g/mol. The fraction of sp³-hybridized carbons (Fsp3) is 0.429. The first-order chi connectivity index (χ1) is 3.93. The van der Waals surface area contributed by atoms with Gasteiger partial charge in [0.15, 0.2) is 0 Å². The van der Waals surface area contributed by atoms with Crippen LogP contribution in [0.15, 0.2) is 24.3 Å². The highest BCUT2D eigenvalue weighted by molar-refractivity contribution is 5.10. The number of rotatable bonds is 1. The Morgan fingerprint density at radius 1 is 1.50 bits per heavy atom. The van der Waals surface area contributed by atoms with E-state index in [2.05, 4.69) is 6.08 Å². The highest BCUT2D eigenvalue weighted by Gasteiger charge is 2.00. The zero-order chi connectivity index (χ0) is 5.82. The summed E-state index contributed by atoms with van der Waals surface area (Å²) < 4.78 is 0. The molecule has 1 rings (SSSR count). The summed E-state index contributed by atoms with van der Waals surface area (Å²) in [5, 5.41) is 8.61. The standard InChI is InChI=1S/C7H10O/c8-6-7-4-2-1-3-5-7/h1-4,7-8H,5-6H2. The van der Waals surface area contributed by atoms with Crippen molar-refractivity contribution in [3.8, 4) is 0 Å². The first-order valence-electron chi connectivity index (χ1n) is 2.87. The van der Waals surface area contributed by atoms with Crippen LogP contribution in [0.25, 0.3) is 0 Å². The molecule has 0 saturated carbocycles. The minimum Gasteiger partial charge on any atom is -0.396 e. The molecule has 0 spiro atoms. The summed E-state index contributed by atoms with van der Waals surface area (Å²) >= 11 is 0. The maximum absolute atomic E-state index is 8.61. The van der Waals surface area contributed by atoms with E-state index in [1.165, 1.54) is 0 Å². The molecule has 0 fully saturated rings. The predicted octanol–water partition coefficient (Wildman–Crippen LogP) is 1.11. The SMILES string of the molecule is OCC1C=CC=CC1. The van der Waals surface area contributed by atoms with Gasteiger partial charge in [-0.25, -0.2) is 0 Å². The summed E-state index contributed by atoms with van der Waals surface area (Å²) in [5.74, 6) is 0.375. The molecule has 0 heterocycles. The molecule has 1 unspecified atom stereocenters. The molecule has 1 nitrogen and oxygen atoms in total. The van der Waals surface area contributed by atoms with Crippen LogP contribution in [0.5, 0.6) is 0 Å². The van der Waals surface area contributed by atoms with E-state index in [-0.39, 0.29) is 6.61 Å². The molecule has 1 aliphatic rings. The largest absolute Gasteiger partial charge is 0.396 e. The molecular formula is C7H10O. The van der Waals surface area contributed by atoms with E-state index >= 15 is 0 Å². The fourth-order valence-electron chi connectivity index (χ4n) is 0.767. The number of hydrogen-bond donors (Lipinski definition) is 1. The third-order valence-electron chi connectivity index (χ3n) is 1.30. The summed E-state index contributed by atoms with van der Waals surface area (Å²) in [5.41, 5.74) is 0. The Morgan fingerprint density at radius 2 is 2.38 bits per heavy atom. The predicted molar refractivity (Wildman–Crippen MR) is 33.5 cm³/mol. The van der Waals surface area contributed by atoms with Crippen LogP contribution in [-0.4, -0.2) is 11.7 Å². The zero-order valence-corrected chi connectivity index (χ0v) is 4.75. The molecule has 0 aliphatic heterocycles. The average molecular weight is 110 g/mol. The molecule has 8 heavy (non-hydrogen) atoms. The maximum atomic E-state index is 8.61. The molecule has 44 valence electrons. The summed E-state index contributed by atoms with van der Waals surface area (Å²) in [6, 6.07) is 0. The monoisotopic (exact) mass is 110 g/mol. The lowest BCUT2D eigenvalue weighted by atomic mass is 10.0. The third kappa shape index (κ3) is 1.20. The Labute approximate surface area is 49.3 Å². The highest BCUT2D eigenvalue weighted by Crippen LogP contribution is 2.08. The molecule has 1 aliphatic carbocycles. The van der Waals surface area contributed by atoms with E-state index in [9.17, 15) is 0 Å². The van der Waals surface area contributed by atoms with Crippen molar-refractivity contribution in [2.45, 2.75) is 6.42 Å². The van der Waals surface area contributed by atoms with Gasteiger partial charge in [0.1, 0.15) is 0 Å². The number of hydrogen-bond acceptors (Lipinski definition) is 1. The summed E-state index contributed by atoms with van der Waals surface area (Å²) in [4.78, 5) is 0. The van der Waals surface area contributed by atoms with Gasteiger partial charge in [0.05, 0.1) is 0 Å². The van der Waals surface area contributed by atoms with E-state index in [1.807, 2.05) is 18.2 Å². The smallest absolute Gasteiger partial charge is 0.0496 e. The normalized spacial score (nSPS) is 26.4. The summed E-state index contributed by atoms with van der Waals surface area (Å²) in [6.07, 6.45) is 9.07. The van der Waals surface area contributed by atoms with Crippen LogP contribution in [0.2, 0.25) is 0 Å². The highest BCUT2D eigenvalue weighted by atomic mass is 16.3. The van der Waals surface area contributed by atoms with E-state index in [1.54, 1.807) is 0 Å². The van der Waals surface area contributed by atoms with Gasteiger partial charge in [-0.05, 0) is 6.42 Å². The Morgan fingerprint density at radius 3 is 2.75 bits per heavy atom. The van der Waals surface area contributed by atoms with Crippen molar-refractivity contribution in [2.24, 2.45) is 5.92 Å². The molecule has 1 N–H and O–H groups in total. The summed E-state index contributed by atoms with van der Waals surface area (Å²) in [6.45, 7) is 0.279. The molecule has 1 heteroatoms. The molecule has 0 aromatic carbocycles. The van der Waals surface area contributed by atoms with Crippen LogP contribution in [-0.2, 0) is 0 Å². The number of allylic oxidation sites excluding steroid dienone is 3. The Balaban J connectivity index is 2.40. The number of aliphatic hydroxyl groups is 1. The van der Waals surface area contributed by atoms with Crippen LogP contribution in [0.4, 0.5) is 0 Å². The Bertz CT molecular complexity index is 114. The van der Waals surface area contributed by atoms with Crippen molar-refractivity contribution in [1.29, 1.82) is 0 Å². The van der Waals surface area contributed by atoms with Crippen LogP contribution >= 0.6 is 0 Å². The van der Waals surface area contributed by atoms with Crippen molar-refractivity contribution >= 4 is 0 Å². The first-order valence-corrected chi connectivity index (χ1v) is 2.87. The van der Waals surface area contributed by atoms with Gasteiger partial charge in [-0.1, -0.05) is 24.3 Å². The summed E-state index contributed by atoms with van der Waals surface area (Å²) in [7, 11) is 0. The number of aliphatic hydroxyl groups excluding tert-OH is 1. The van der Waals surface area contributed by atoms with Crippen molar-refractivity contribution in [1.82, 2.24) is 0 Å². The van der Waals surface area contributed by atoms with Crippen molar-refractivity contribution < 1.29 is 5.11 Å². The van der Waals surface area contributed by atoms with Crippen molar-refractivity contribution in [3.63, 3.8) is 0 Å². The lowest BCUT2D eigenvalue weighted by Gasteiger charge is -2.06. The van der Waals surface area contributed by atoms with Crippen LogP contribution < -0.4 is 0 Å². The van der Waals surface area contributed by atoms with Crippen molar-refractivity contribution in [2.75, 3.05) is 6.61 Å². The van der Waals surface area contributed by atoms with Gasteiger partial charge in [0.2, 0.25) is 0 Å². The zero-order valence-electron chi connectivity index (χ0n) is 4.75. The Hall–Kier alpha value is -0.560. The van der Waals surface area contributed by atoms with Gasteiger partial charge in [-0.15, -0.1) is 0 Å². The second kappa shape index (κ2) is 2.68. The molecule has 0 amide bonds. The average Bonchev–Trinajstić information content (AvgIpc) is 1.90. The second-order valence-electron chi connectivity index (χ2n) is 1.99. The minimum absolute atomic E-state index is 0.279. The van der Waals surface area contributed by atoms with E-state index in [0.717, 1.165) is 6.42 Å². The van der Waals surface area contributed by atoms with Crippen molar-refractivity contribution in [3.05, 3.63) is 24.3 Å². The van der Waals surface area contributed by atoms with Gasteiger partial charge >= 0.3 is 0 Å². The van der Waals surface area contributed by atoms with E-state index < -0.39 is 0 Å². The van der Waals surface area contributed by atoms with Crippen LogP contribution in [0, 0.1) is 5.92 Å². The van der Waals surface area contributed by atoms with Gasteiger partial charge in [-0.2, -0.15) is 0 Å². The molecule has 0 aromatic rings. The van der Waals surface area contributed by atoms with Crippen LogP contribution in [0.1, 0.15) is 6.42 Å². The van der Waals surface area contributed by atoms with Gasteiger partial charge in [-0.3, -0.25) is 0 Å². The molecule has 0 aromatic heterocycles. The van der Waals surface area contributed by atoms with Gasteiger partial charge in [0, 0.05) is 12.5 Å². The fourth-order valence-corrected chi connectivity index (χ4v) is 0.767. The van der Waals surface area contributed by atoms with E-state index in [0.29, 0.717) is 5.92 Å². The molecule has 0 radical (unpaired) electrons. The quantitative estimate of drug-likeness (QED) is 0.536. The lowest BCUT2D eigenvalue weighted by Crippen LogP contribution is -2.01. The topological polar surface area (TPSA) is 20.2 Å². The minimum atomic E-state index is 0.279. The van der Waals surface area contributed by atoms with E-state index in [4.69, 9.17) is 5.11 Å². The first kappa shape index (κ1) is 5.57. The Kier molecular flexibility index (Phi) is 1.86. The van der Waals surface area contributed by atoms with Gasteiger partial charge in [0.25, 0.3) is 0 Å². The third-order valence-corrected chi connectivity index (χ3v) is 1.30. The lowest BCUT2D eigenvalue weighted by molar-refractivity contribution is 0.253. The molecule has 0 bridgehead atoms. The molecule has 0 saturated heterocycles.